The Labute approximate surface area is 115 Å². The van der Waals surface area contributed by atoms with Crippen LogP contribution in [0.2, 0.25) is 0 Å². The highest BCUT2D eigenvalue weighted by molar-refractivity contribution is 9.10. The molecule has 1 aromatic carbocycles. The first kappa shape index (κ1) is 13.4. The van der Waals surface area contributed by atoms with Crippen LogP contribution in [0.15, 0.2) is 22.7 Å². The first-order chi connectivity index (χ1) is 8.70. The van der Waals surface area contributed by atoms with Gasteiger partial charge in [-0.15, -0.1) is 0 Å². The summed E-state index contributed by atoms with van der Waals surface area (Å²) in [6, 6.07) is 5.61. The number of methoxy groups -OCH3 is 1. The molecule has 1 amide bonds. The lowest BCUT2D eigenvalue weighted by molar-refractivity contribution is 0.0929. The second-order valence-electron chi connectivity index (χ2n) is 4.36. The molecule has 1 saturated heterocycles. The van der Waals surface area contributed by atoms with Gasteiger partial charge in [-0.05, 0) is 53.5 Å². The van der Waals surface area contributed by atoms with E-state index in [4.69, 9.17) is 4.74 Å². The summed E-state index contributed by atoms with van der Waals surface area (Å²) in [6.45, 7) is 1.88. The molecule has 2 rings (SSSR count). The zero-order valence-electron chi connectivity index (χ0n) is 10.3. The molecule has 4 nitrogen and oxygen atoms in total. The van der Waals surface area contributed by atoms with Gasteiger partial charge in [-0.3, -0.25) is 4.79 Å². The number of rotatable bonds is 3. The van der Waals surface area contributed by atoms with Crippen molar-refractivity contribution in [3.05, 3.63) is 28.2 Å². The van der Waals surface area contributed by atoms with Gasteiger partial charge in [-0.1, -0.05) is 0 Å². The molecule has 1 atom stereocenters. The van der Waals surface area contributed by atoms with Crippen molar-refractivity contribution >= 4 is 21.8 Å². The molecule has 5 heteroatoms. The zero-order valence-corrected chi connectivity index (χ0v) is 11.9. The average Bonchev–Trinajstić information content (AvgIpc) is 2.40. The minimum Gasteiger partial charge on any atom is -0.497 e. The first-order valence-electron chi connectivity index (χ1n) is 6.06. The Balaban J connectivity index is 2.07. The monoisotopic (exact) mass is 312 g/mol. The van der Waals surface area contributed by atoms with Gasteiger partial charge in [0.25, 0.3) is 5.91 Å². The van der Waals surface area contributed by atoms with Crippen LogP contribution in [0.4, 0.5) is 0 Å². The molecule has 0 bridgehead atoms. The summed E-state index contributed by atoms with van der Waals surface area (Å²) in [6.07, 6.45) is 2.13. The molecular weight excluding hydrogens is 296 g/mol. The van der Waals surface area contributed by atoms with Crippen LogP contribution in [-0.4, -0.2) is 32.1 Å². The molecule has 0 radical (unpaired) electrons. The van der Waals surface area contributed by atoms with E-state index in [2.05, 4.69) is 26.6 Å². The standard InChI is InChI=1S/C13H17BrN2O2/c1-18-10-4-5-12(14)11(7-10)13(17)16-9-3-2-6-15-8-9/h4-5,7,9,15H,2-3,6,8H2,1H3,(H,16,17). The van der Waals surface area contributed by atoms with E-state index in [1.54, 1.807) is 13.2 Å². The summed E-state index contributed by atoms with van der Waals surface area (Å²) in [5.74, 6) is 0.625. The number of ether oxygens (including phenoxy) is 1. The molecule has 1 aromatic rings. The van der Waals surface area contributed by atoms with E-state index in [0.29, 0.717) is 11.3 Å². The number of benzene rings is 1. The maximum atomic E-state index is 12.2. The van der Waals surface area contributed by atoms with Gasteiger partial charge in [0.15, 0.2) is 0 Å². The van der Waals surface area contributed by atoms with Crippen LogP contribution in [0.3, 0.4) is 0 Å². The molecule has 0 aliphatic carbocycles. The third-order valence-corrected chi connectivity index (χ3v) is 3.74. The summed E-state index contributed by atoms with van der Waals surface area (Å²) in [5.41, 5.74) is 0.611. The predicted octanol–water partition coefficient (Wildman–Crippen LogP) is 1.94. The SMILES string of the molecule is COc1ccc(Br)c(C(=O)NC2CCCNC2)c1. The summed E-state index contributed by atoms with van der Waals surface area (Å²) >= 11 is 3.39. The normalized spacial score (nSPS) is 19.3. The Morgan fingerprint density at radius 1 is 1.56 bits per heavy atom. The van der Waals surface area contributed by atoms with Crippen LogP contribution in [0, 0.1) is 0 Å². The molecule has 1 fully saturated rings. The van der Waals surface area contributed by atoms with Gasteiger partial charge < -0.3 is 15.4 Å². The number of hydrogen-bond donors (Lipinski definition) is 2. The Morgan fingerprint density at radius 2 is 2.39 bits per heavy atom. The molecule has 18 heavy (non-hydrogen) atoms. The van der Waals surface area contributed by atoms with Gasteiger partial charge in [0.2, 0.25) is 0 Å². The van der Waals surface area contributed by atoms with Crippen LogP contribution < -0.4 is 15.4 Å². The van der Waals surface area contributed by atoms with E-state index >= 15 is 0 Å². The van der Waals surface area contributed by atoms with Crippen molar-refractivity contribution in [3.63, 3.8) is 0 Å². The minimum atomic E-state index is -0.0607. The van der Waals surface area contributed by atoms with E-state index in [1.165, 1.54) is 0 Å². The molecule has 0 saturated carbocycles. The molecule has 0 aromatic heterocycles. The van der Waals surface area contributed by atoms with Crippen LogP contribution in [0.5, 0.6) is 5.75 Å². The maximum Gasteiger partial charge on any atom is 0.252 e. The van der Waals surface area contributed by atoms with Gasteiger partial charge in [-0.25, -0.2) is 0 Å². The summed E-state index contributed by atoms with van der Waals surface area (Å²) in [4.78, 5) is 12.2. The topological polar surface area (TPSA) is 50.4 Å². The fourth-order valence-corrected chi connectivity index (χ4v) is 2.47. The van der Waals surface area contributed by atoms with Crippen molar-refractivity contribution in [2.24, 2.45) is 0 Å². The van der Waals surface area contributed by atoms with Crippen molar-refractivity contribution in [1.82, 2.24) is 10.6 Å². The van der Waals surface area contributed by atoms with E-state index in [1.807, 2.05) is 12.1 Å². The van der Waals surface area contributed by atoms with E-state index in [0.717, 1.165) is 30.4 Å². The van der Waals surface area contributed by atoms with E-state index in [-0.39, 0.29) is 11.9 Å². The highest BCUT2D eigenvalue weighted by Gasteiger charge is 2.18. The lowest BCUT2D eigenvalue weighted by Crippen LogP contribution is -2.45. The Morgan fingerprint density at radius 3 is 3.06 bits per heavy atom. The molecule has 98 valence electrons. The first-order valence-corrected chi connectivity index (χ1v) is 6.85. The summed E-state index contributed by atoms with van der Waals surface area (Å²) in [7, 11) is 1.59. The minimum absolute atomic E-state index is 0.0607. The lowest BCUT2D eigenvalue weighted by atomic mass is 10.1. The van der Waals surface area contributed by atoms with Crippen molar-refractivity contribution in [1.29, 1.82) is 0 Å². The molecule has 1 aliphatic rings. The van der Waals surface area contributed by atoms with E-state index in [9.17, 15) is 4.79 Å². The molecule has 2 N–H and O–H groups in total. The van der Waals surface area contributed by atoms with Crippen LogP contribution in [0.25, 0.3) is 0 Å². The van der Waals surface area contributed by atoms with Gasteiger partial charge in [0.05, 0.1) is 12.7 Å². The number of carbonyl (C=O) groups is 1. The van der Waals surface area contributed by atoms with Crippen molar-refractivity contribution in [2.45, 2.75) is 18.9 Å². The zero-order chi connectivity index (χ0) is 13.0. The fraction of sp³-hybridized carbons (Fsp3) is 0.462. The number of nitrogens with one attached hydrogen (secondary N) is 2. The molecule has 1 unspecified atom stereocenters. The number of carbonyl (C=O) groups excluding carboxylic acids is 1. The Kier molecular flexibility index (Phi) is 4.60. The van der Waals surface area contributed by atoms with Crippen LogP contribution in [0.1, 0.15) is 23.2 Å². The van der Waals surface area contributed by atoms with Crippen molar-refractivity contribution < 1.29 is 9.53 Å². The quantitative estimate of drug-likeness (QED) is 0.897. The molecular formula is C13H17BrN2O2. The van der Waals surface area contributed by atoms with Gasteiger partial charge in [-0.2, -0.15) is 0 Å². The highest BCUT2D eigenvalue weighted by Crippen LogP contribution is 2.22. The third-order valence-electron chi connectivity index (χ3n) is 3.05. The summed E-state index contributed by atoms with van der Waals surface area (Å²) in [5, 5.41) is 6.32. The summed E-state index contributed by atoms with van der Waals surface area (Å²) < 4.78 is 5.92. The van der Waals surface area contributed by atoms with Crippen LogP contribution in [-0.2, 0) is 0 Å². The second kappa shape index (κ2) is 6.20. The molecule has 0 spiro atoms. The average molecular weight is 313 g/mol. The van der Waals surface area contributed by atoms with E-state index < -0.39 is 0 Å². The fourth-order valence-electron chi connectivity index (χ4n) is 2.04. The van der Waals surface area contributed by atoms with Gasteiger partial charge in [0, 0.05) is 17.1 Å². The lowest BCUT2D eigenvalue weighted by Gasteiger charge is -2.24. The Hall–Kier alpha value is -1.07. The molecule has 1 heterocycles. The maximum absolute atomic E-state index is 12.2. The van der Waals surface area contributed by atoms with Gasteiger partial charge >= 0.3 is 0 Å². The number of piperidine rings is 1. The third kappa shape index (κ3) is 3.23. The predicted molar refractivity (Wildman–Crippen MR) is 74.1 cm³/mol. The van der Waals surface area contributed by atoms with Crippen molar-refractivity contribution in [3.8, 4) is 5.75 Å². The number of halogens is 1. The second-order valence-corrected chi connectivity index (χ2v) is 5.22. The smallest absolute Gasteiger partial charge is 0.252 e. The van der Waals surface area contributed by atoms with Gasteiger partial charge in [0.1, 0.15) is 5.75 Å². The Bertz CT molecular complexity index is 431. The van der Waals surface area contributed by atoms with Crippen molar-refractivity contribution in [2.75, 3.05) is 20.2 Å². The van der Waals surface area contributed by atoms with Crippen LogP contribution >= 0.6 is 15.9 Å². The largest absolute Gasteiger partial charge is 0.497 e. The molecule has 1 aliphatic heterocycles. The number of amides is 1. The number of hydrogen-bond acceptors (Lipinski definition) is 3. The highest BCUT2D eigenvalue weighted by atomic mass is 79.9.